The van der Waals surface area contributed by atoms with Crippen LogP contribution in [0.2, 0.25) is 0 Å². The Kier molecular flexibility index (Phi) is 4.87. The number of carbonyl (C=O) groups is 2. The molecule has 1 aromatic heterocycles. The average Bonchev–Trinajstić information content (AvgIpc) is 2.82. The first-order valence-electron chi connectivity index (χ1n) is 6.91. The van der Waals surface area contributed by atoms with Gasteiger partial charge in [-0.3, -0.25) is 14.3 Å². The van der Waals surface area contributed by atoms with Crippen molar-refractivity contribution < 1.29 is 18.4 Å². The van der Waals surface area contributed by atoms with Crippen LogP contribution < -0.4 is 5.32 Å². The molecule has 0 unspecified atom stereocenters. The molecule has 0 bridgehead atoms. The number of amides is 2. The molecule has 1 fully saturated rings. The first kappa shape index (κ1) is 15.4. The lowest BCUT2D eigenvalue weighted by Gasteiger charge is -2.27. The Morgan fingerprint density at radius 1 is 1.57 bits per heavy atom. The van der Waals surface area contributed by atoms with E-state index >= 15 is 0 Å². The minimum absolute atomic E-state index is 0.142. The highest BCUT2D eigenvalue weighted by atomic mass is 19.3. The maximum absolute atomic E-state index is 12.5. The van der Waals surface area contributed by atoms with Gasteiger partial charge in [0.25, 0.3) is 6.43 Å². The fourth-order valence-electron chi connectivity index (χ4n) is 2.39. The minimum Gasteiger partial charge on any atom is -0.354 e. The molecule has 2 rings (SSSR count). The fourth-order valence-corrected chi connectivity index (χ4v) is 2.39. The molecular weight excluding hydrogens is 282 g/mol. The number of nitrogens with zero attached hydrogens (tertiary/aromatic N) is 3. The molecule has 0 saturated carbocycles. The number of rotatable bonds is 4. The molecule has 1 aliphatic rings. The zero-order chi connectivity index (χ0) is 15.4. The van der Waals surface area contributed by atoms with Crippen molar-refractivity contribution in [3.05, 3.63) is 18.0 Å². The third kappa shape index (κ3) is 3.56. The number of nitrogens with one attached hydrogen (secondary N) is 1. The van der Waals surface area contributed by atoms with E-state index in [0.29, 0.717) is 25.9 Å². The second kappa shape index (κ2) is 6.64. The van der Waals surface area contributed by atoms with Crippen molar-refractivity contribution >= 4 is 11.8 Å². The van der Waals surface area contributed by atoms with Crippen molar-refractivity contribution in [2.45, 2.75) is 38.8 Å². The molecule has 1 atom stereocenters. The number of aromatic nitrogens is 2. The Balaban J connectivity index is 2.07. The normalized spacial score (nSPS) is 19.5. The van der Waals surface area contributed by atoms with Gasteiger partial charge in [0.05, 0.1) is 0 Å². The lowest BCUT2D eigenvalue weighted by Crippen LogP contribution is -2.47. The second-order valence-electron chi connectivity index (χ2n) is 4.89. The van der Waals surface area contributed by atoms with Gasteiger partial charge in [-0.1, -0.05) is 6.92 Å². The monoisotopic (exact) mass is 300 g/mol. The molecule has 2 heterocycles. The molecule has 8 heteroatoms. The standard InChI is InChI=1S/C13H18F2N4O2/c1-2-10-13(21)16-5-3-6-19(10)11(20)8-18-7-4-9(17-18)12(14)15/h4,7,10,12H,2-3,5-6,8H2,1H3,(H,16,21)/t10-/m0/s1. The Labute approximate surface area is 121 Å². The van der Waals surface area contributed by atoms with E-state index in [1.165, 1.54) is 21.8 Å². The van der Waals surface area contributed by atoms with Crippen LogP contribution in [0.4, 0.5) is 8.78 Å². The number of halogens is 2. The summed E-state index contributed by atoms with van der Waals surface area (Å²) >= 11 is 0. The van der Waals surface area contributed by atoms with Gasteiger partial charge >= 0.3 is 0 Å². The largest absolute Gasteiger partial charge is 0.354 e. The van der Waals surface area contributed by atoms with E-state index < -0.39 is 12.5 Å². The molecule has 2 amide bonds. The summed E-state index contributed by atoms with van der Waals surface area (Å²) in [4.78, 5) is 25.7. The summed E-state index contributed by atoms with van der Waals surface area (Å²) in [7, 11) is 0. The summed E-state index contributed by atoms with van der Waals surface area (Å²) in [6.45, 7) is 2.70. The minimum atomic E-state index is -2.66. The van der Waals surface area contributed by atoms with Crippen molar-refractivity contribution in [1.29, 1.82) is 0 Å². The molecule has 6 nitrogen and oxygen atoms in total. The van der Waals surface area contributed by atoms with Crippen LogP contribution in [-0.2, 0) is 16.1 Å². The Morgan fingerprint density at radius 3 is 2.95 bits per heavy atom. The summed E-state index contributed by atoms with van der Waals surface area (Å²) in [6, 6.07) is 0.676. The average molecular weight is 300 g/mol. The Bertz CT molecular complexity index is 518. The number of hydrogen-bond donors (Lipinski definition) is 1. The van der Waals surface area contributed by atoms with Gasteiger partial charge in [0.15, 0.2) is 0 Å². The van der Waals surface area contributed by atoms with E-state index in [-0.39, 0.29) is 24.1 Å². The first-order chi connectivity index (χ1) is 10.0. The van der Waals surface area contributed by atoms with Gasteiger partial charge < -0.3 is 10.2 Å². The van der Waals surface area contributed by atoms with Crippen LogP contribution in [-0.4, -0.2) is 45.6 Å². The highest BCUT2D eigenvalue weighted by Gasteiger charge is 2.30. The fraction of sp³-hybridized carbons (Fsp3) is 0.615. The zero-order valence-electron chi connectivity index (χ0n) is 11.8. The predicted molar refractivity (Wildman–Crippen MR) is 70.6 cm³/mol. The molecule has 1 aromatic rings. The molecule has 0 aliphatic carbocycles. The zero-order valence-corrected chi connectivity index (χ0v) is 11.8. The second-order valence-corrected chi connectivity index (χ2v) is 4.89. The van der Waals surface area contributed by atoms with Crippen LogP contribution in [0.1, 0.15) is 31.9 Å². The summed E-state index contributed by atoms with van der Waals surface area (Å²) < 4.78 is 26.1. The summed E-state index contributed by atoms with van der Waals surface area (Å²) in [6.07, 6.45) is -0.124. The SMILES string of the molecule is CC[C@H]1C(=O)NCCCN1C(=O)Cn1ccc(C(F)F)n1. The quantitative estimate of drug-likeness (QED) is 0.900. The van der Waals surface area contributed by atoms with E-state index in [9.17, 15) is 18.4 Å². The summed E-state index contributed by atoms with van der Waals surface area (Å²) in [5.41, 5.74) is -0.358. The van der Waals surface area contributed by atoms with Crippen molar-refractivity contribution in [2.75, 3.05) is 13.1 Å². The Hall–Kier alpha value is -1.99. The maximum atomic E-state index is 12.5. The summed E-state index contributed by atoms with van der Waals surface area (Å²) in [5, 5.41) is 6.42. The van der Waals surface area contributed by atoms with Gasteiger partial charge in [0, 0.05) is 19.3 Å². The van der Waals surface area contributed by atoms with Crippen LogP contribution >= 0.6 is 0 Å². The van der Waals surface area contributed by atoms with Crippen LogP contribution in [0.5, 0.6) is 0 Å². The topological polar surface area (TPSA) is 67.2 Å². The first-order valence-corrected chi connectivity index (χ1v) is 6.91. The van der Waals surface area contributed by atoms with Crippen molar-refractivity contribution in [3.8, 4) is 0 Å². The molecule has 116 valence electrons. The van der Waals surface area contributed by atoms with Crippen molar-refractivity contribution in [2.24, 2.45) is 0 Å². The van der Waals surface area contributed by atoms with Gasteiger partial charge in [-0.05, 0) is 18.9 Å². The number of alkyl halides is 2. The van der Waals surface area contributed by atoms with Gasteiger partial charge in [0.1, 0.15) is 18.3 Å². The van der Waals surface area contributed by atoms with Crippen LogP contribution in [0, 0.1) is 0 Å². The maximum Gasteiger partial charge on any atom is 0.282 e. The Morgan fingerprint density at radius 2 is 2.33 bits per heavy atom. The molecule has 1 aliphatic heterocycles. The van der Waals surface area contributed by atoms with E-state index in [4.69, 9.17) is 0 Å². The van der Waals surface area contributed by atoms with Gasteiger partial charge in [-0.2, -0.15) is 5.10 Å². The third-order valence-electron chi connectivity index (χ3n) is 3.44. The van der Waals surface area contributed by atoms with Crippen molar-refractivity contribution in [1.82, 2.24) is 20.0 Å². The van der Waals surface area contributed by atoms with E-state index in [1.54, 1.807) is 0 Å². The van der Waals surface area contributed by atoms with E-state index in [2.05, 4.69) is 10.4 Å². The third-order valence-corrected chi connectivity index (χ3v) is 3.44. The number of hydrogen-bond acceptors (Lipinski definition) is 3. The molecular formula is C13H18F2N4O2. The highest BCUT2D eigenvalue weighted by Crippen LogP contribution is 2.16. The predicted octanol–water partition coefficient (Wildman–Crippen LogP) is 0.948. The van der Waals surface area contributed by atoms with Crippen molar-refractivity contribution in [3.63, 3.8) is 0 Å². The summed E-state index contributed by atoms with van der Waals surface area (Å²) in [5.74, 6) is -0.458. The van der Waals surface area contributed by atoms with Crippen LogP contribution in [0.25, 0.3) is 0 Å². The smallest absolute Gasteiger partial charge is 0.282 e. The van der Waals surface area contributed by atoms with Gasteiger partial charge in [-0.25, -0.2) is 8.78 Å². The van der Waals surface area contributed by atoms with E-state index in [0.717, 1.165) is 0 Å². The molecule has 1 N–H and O–H groups in total. The van der Waals surface area contributed by atoms with Gasteiger partial charge in [0.2, 0.25) is 11.8 Å². The lowest BCUT2D eigenvalue weighted by molar-refractivity contribution is -0.140. The molecule has 0 spiro atoms. The molecule has 1 saturated heterocycles. The van der Waals surface area contributed by atoms with Crippen LogP contribution in [0.3, 0.4) is 0 Å². The molecule has 21 heavy (non-hydrogen) atoms. The van der Waals surface area contributed by atoms with Crippen LogP contribution in [0.15, 0.2) is 12.3 Å². The highest BCUT2D eigenvalue weighted by molar-refractivity contribution is 5.87. The molecule has 0 radical (unpaired) electrons. The lowest BCUT2D eigenvalue weighted by atomic mass is 10.1. The molecule has 0 aromatic carbocycles. The number of carbonyl (C=O) groups excluding carboxylic acids is 2. The van der Waals surface area contributed by atoms with E-state index in [1.807, 2.05) is 6.92 Å². The van der Waals surface area contributed by atoms with Gasteiger partial charge in [-0.15, -0.1) is 0 Å².